The van der Waals surface area contributed by atoms with Gasteiger partial charge in [-0.3, -0.25) is 0 Å². The number of nitrogen functional groups attached to an aromatic ring is 1. The lowest BCUT2D eigenvalue weighted by Crippen LogP contribution is -2.33. The van der Waals surface area contributed by atoms with E-state index >= 15 is 0 Å². The highest BCUT2D eigenvalue weighted by Crippen LogP contribution is 2.09. The molecule has 6 nitrogen and oxygen atoms in total. The summed E-state index contributed by atoms with van der Waals surface area (Å²) in [5, 5.41) is 9.43. The van der Waals surface area contributed by atoms with E-state index in [1.54, 1.807) is 0 Å². The third-order valence-electron chi connectivity index (χ3n) is 1.71. The second-order valence-corrected chi connectivity index (χ2v) is 3.59. The largest absolute Gasteiger partial charge is 0.374 e. The van der Waals surface area contributed by atoms with Crippen molar-refractivity contribution in [2.24, 2.45) is 0 Å². The Kier molecular flexibility index (Phi) is 3.29. The summed E-state index contributed by atoms with van der Waals surface area (Å²) in [5.41, 5.74) is 5.14. The molecular weight excluding hydrogens is 182 g/mol. The molecule has 1 heterocycles. The number of aromatic nitrogens is 3. The van der Waals surface area contributed by atoms with Crippen LogP contribution in [0, 0.1) is 0 Å². The Morgan fingerprint density at radius 3 is 2.79 bits per heavy atom. The predicted octanol–water partition coefficient (Wildman–Crippen LogP) is 0.614. The highest BCUT2D eigenvalue weighted by molar-refractivity contribution is 5.29. The molecule has 0 saturated carbocycles. The molecule has 14 heavy (non-hydrogen) atoms. The maximum Gasteiger partial charge on any atom is 0.243 e. The molecule has 1 aromatic rings. The summed E-state index contributed by atoms with van der Waals surface area (Å²) in [4.78, 5) is 3.92. The Morgan fingerprint density at radius 2 is 2.29 bits per heavy atom. The zero-order valence-electron chi connectivity index (χ0n) is 8.79. The molecule has 0 atom stereocenters. The normalized spacial score (nSPS) is 11.6. The molecule has 0 bridgehead atoms. The zero-order valence-corrected chi connectivity index (χ0v) is 8.79. The monoisotopic (exact) mass is 199 g/mol. The van der Waals surface area contributed by atoms with Gasteiger partial charge in [0, 0.05) is 13.2 Å². The summed E-state index contributed by atoms with van der Waals surface area (Å²) in [6.45, 7) is 7.29. The van der Waals surface area contributed by atoms with Gasteiger partial charge in [-0.05, 0) is 20.8 Å². The van der Waals surface area contributed by atoms with Crippen LogP contribution in [0.2, 0.25) is 0 Å². The van der Waals surface area contributed by atoms with Crippen molar-refractivity contribution in [1.82, 2.24) is 15.2 Å². The van der Waals surface area contributed by atoms with Crippen molar-refractivity contribution in [1.29, 1.82) is 0 Å². The Labute approximate surface area is 83.2 Å². The van der Waals surface area contributed by atoms with Gasteiger partial charge in [0.1, 0.15) is 0 Å². The van der Waals surface area contributed by atoms with Crippen LogP contribution in [-0.4, -0.2) is 33.9 Å². The van der Waals surface area contributed by atoms with Crippen LogP contribution in [0.15, 0.2) is 0 Å². The van der Waals surface area contributed by atoms with Gasteiger partial charge in [0.05, 0.1) is 5.60 Å². The first-order chi connectivity index (χ1) is 6.53. The van der Waals surface area contributed by atoms with Crippen molar-refractivity contribution in [3.8, 4) is 0 Å². The van der Waals surface area contributed by atoms with Gasteiger partial charge in [0.2, 0.25) is 11.9 Å². The molecular formula is C8H17N5O. The van der Waals surface area contributed by atoms with Crippen molar-refractivity contribution in [2.45, 2.75) is 26.4 Å². The molecule has 0 saturated heterocycles. The predicted molar refractivity (Wildman–Crippen MR) is 55.0 cm³/mol. The lowest BCUT2D eigenvalue weighted by molar-refractivity contribution is 0.000588. The van der Waals surface area contributed by atoms with Gasteiger partial charge in [0.15, 0.2) is 0 Å². The second-order valence-electron chi connectivity index (χ2n) is 3.59. The number of hydrogen-bond acceptors (Lipinski definition) is 5. The number of H-pyrrole nitrogens is 1. The van der Waals surface area contributed by atoms with Crippen molar-refractivity contribution in [3.05, 3.63) is 0 Å². The van der Waals surface area contributed by atoms with Gasteiger partial charge in [-0.25, -0.2) is 5.10 Å². The summed E-state index contributed by atoms with van der Waals surface area (Å²) in [7, 11) is 0. The topological polar surface area (TPSA) is 88.8 Å². The first kappa shape index (κ1) is 10.8. The van der Waals surface area contributed by atoms with E-state index in [0.29, 0.717) is 25.0 Å². The highest BCUT2D eigenvalue weighted by Gasteiger charge is 2.17. The Bertz CT molecular complexity index is 283. The smallest absolute Gasteiger partial charge is 0.243 e. The standard InChI is InChI=1S/C8H17N5O/c1-4-14-8(2,3)5-10-7-11-6(9)12-13-7/h4-5H2,1-3H3,(H4,9,10,11,12,13). The van der Waals surface area contributed by atoms with Crippen molar-refractivity contribution in [2.75, 3.05) is 24.2 Å². The molecule has 6 heteroatoms. The Morgan fingerprint density at radius 1 is 1.57 bits per heavy atom. The molecule has 0 radical (unpaired) electrons. The zero-order chi connectivity index (χ0) is 10.6. The number of nitrogens with one attached hydrogen (secondary N) is 2. The highest BCUT2D eigenvalue weighted by atomic mass is 16.5. The Hall–Kier alpha value is -1.30. The number of ether oxygens (including phenoxy) is 1. The lowest BCUT2D eigenvalue weighted by Gasteiger charge is -2.24. The molecule has 1 aromatic heterocycles. The fraction of sp³-hybridized carbons (Fsp3) is 0.750. The molecule has 0 spiro atoms. The minimum atomic E-state index is -0.232. The molecule has 0 aliphatic carbocycles. The van der Waals surface area contributed by atoms with E-state index in [9.17, 15) is 0 Å². The van der Waals surface area contributed by atoms with Crippen LogP contribution in [-0.2, 0) is 4.74 Å². The molecule has 0 amide bonds. The van der Waals surface area contributed by atoms with E-state index in [4.69, 9.17) is 10.5 Å². The lowest BCUT2D eigenvalue weighted by atomic mass is 10.1. The van der Waals surface area contributed by atoms with Crippen molar-refractivity contribution in [3.63, 3.8) is 0 Å². The summed E-state index contributed by atoms with van der Waals surface area (Å²) in [5.74, 6) is 0.803. The van der Waals surface area contributed by atoms with Crippen molar-refractivity contribution >= 4 is 11.9 Å². The van der Waals surface area contributed by atoms with Crippen LogP contribution in [0.1, 0.15) is 20.8 Å². The fourth-order valence-corrected chi connectivity index (χ4v) is 1.09. The quantitative estimate of drug-likeness (QED) is 0.646. The molecule has 4 N–H and O–H groups in total. The number of anilines is 2. The van der Waals surface area contributed by atoms with E-state index in [1.165, 1.54) is 0 Å². The van der Waals surface area contributed by atoms with E-state index in [1.807, 2.05) is 20.8 Å². The summed E-state index contributed by atoms with van der Waals surface area (Å²) >= 11 is 0. The van der Waals surface area contributed by atoms with Crippen molar-refractivity contribution < 1.29 is 4.74 Å². The molecule has 0 aliphatic heterocycles. The maximum atomic E-state index is 5.50. The molecule has 0 unspecified atom stereocenters. The number of nitrogens with zero attached hydrogens (tertiary/aromatic N) is 2. The number of aromatic amines is 1. The van der Waals surface area contributed by atoms with Crippen LogP contribution in [0.5, 0.6) is 0 Å². The third kappa shape index (κ3) is 3.21. The Balaban J connectivity index is 2.40. The van der Waals surface area contributed by atoms with Crippen LogP contribution in [0.25, 0.3) is 0 Å². The van der Waals surface area contributed by atoms with E-state index < -0.39 is 0 Å². The van der Waals surface area contributed by atoms with Gasteiger partial charge < -0.3 is 15.8 Å². The van der Waals surface area contributed by atoms with E-state index in [0.717, 1.165) is 0 Å². The van der Waals surface area contributed by atoms with E-state index in [2.05, 4.69) is 20.5 Å². The van der Waals surface area contributed by atoms with Gasteiger partial charge in [-0.15, -0.1) is 5.10 Å². The third-order valence-corrected chi connectivity index (χ3v) is 1.71. The summed E-state index contributed by atoms with van der Waals surface area (Å²) in [6.07, 6.45) is 0. The van der Waals surface area contributed by atoms with Crippen LogP contribution in [0.4, 0.5) is 11.9 Å². The first-order valence-corrected chi connectivity index (χ1v) is 4.59. The number of nitrogens with two attached hydrogens (primary N) is 1. The van der Waals surface area contributed by atoms with Crippen LogP contribution < -0.4 is 11.1 Å². The summed E-state index contributed by atoms with van der Waals surface area (Å²) < 4.78 is 5.50. The molecule has 1 rings (SSSR count). The van der Waals surface area contributed by atoms with Gasteiger partial charge >= 0.3 is 0 Å². The van der Waals surface area contributed by atoms with Crippen LogP contribution >= 0.6 is 0 Å². The second kappa shape index (κ2) is 4.28. The molecule has 80 valence electrons. The molecule has 0 aromatic carbocycles. The molecule has 0 aliphatic rings. The van der Waals surface area contributed by atoms with E-state index in [-0.39, 0.29) is 5.60 Å². The number of hydrogen-bond donors (Lipinski definition) is 3. The van der Waals surface area contributed by atoms with Gasteiger partial charge in [0.25, 0.3) is 0 Å². The minimum Gasteiger partial charge on any atom is -0.374 e. The first-order valence-electron chi connectivity index (χ1n) is 4.59. The number of rotatable bonds is 5. The maximum absolute atomic E-state index is 5.50. The SMILES string of the molecule is CCOC(C)(C)CNc1n[nH]c(N)n1. The van der Waals surface area contributed by atoms with Crippen LogP contribution in [0.3, 0.4) is 0 Å². The summed E-state index contributed by atoms with van der Waals surface area (Å²) in [6, 6.07) is 0. The molecule has 0 fully saturated rings. The van der Waals surface area contributed by atoms with Gasteiger partial charge in [-0.2, -0.15) is 4.98 Å². The minimum absolute atomic E-state index is 0.232. The fourth-order valence-electron chi connectivity index (χ4n) is 1.09. The average Bonchev–Trinajstić information content (AvgIpc) is 2.48. The average molecular weight is 199 g/mol. The van der Waals surface area contributed by atoms with Gasteiger partial charge in [-0.1, -0.05) is 0 Å².